The number of ether oxygens (including phenoxy) is 4. The van der Waals surface area contributed by atoms with E-state index in [0.717, 1.165) is 0 Å². The van der Waals surface area contributed by atoms with Gasteiger partial charge >= 0.3 is 0 Å². The predicted octanol–water partition coefficient (Wildman–Crippen LogP) is 3.61. The molecule has 7 rings (SSSR count). The van der Waals surface area contributed by atoms with Crippen LogP contribution in [0.5, 0.6) is 11.5 Å². The van der Waals surface area contributed by atoms with Crippen molar-refractivity contribution in [3.63, 3.8) is 0 Å². The van der Waals surface area contributed by atoms with Crippen molar-refractivity contribution in [3.05, 3.63) is 93.0 Å². The monoisotopic (exact) mass is 843 g/mol. The van der Waals surface area contributed by atoms with Crippen LogP contribution < -0.4 is 14.8 Å². The Morgan fingerprint density at radius 1 is 0.967 bits per heavy atom. The van der Waals surface area contributed by atoms with Crippen molar-refractivity contribution in [2.24, 2.45) is 17.3 Å². The maximum atomic E-state index is 14.1. The standard InChI is InChI=1S/C45H49NO15/c1-6-13-59-28-12-8-9-21-33(28)26(48)14-24(39(21)52)44(3,4)18-31(50)46-25-15-32(60-20(2)38(25)51)61-29-17-45(57,30(49)19-47)16-23-35(29)43(56)37-36(41(23)54)40(53)22-10-7-11-27(58-5)34(22)42(37)55/h7-12,14,20,25,29,32,36-38,47,51,54,56-57H,6,13,15-19H2,1-5H3,(H,46,50)/t20-,25-,29-,32?,36?,37?,38+,45-/m0/s1. The van der Waals surface area contributed by atoms with Crippen LogP contribution in [0, 0.1) is 17.3 Å². The SMILES string of the molecule is CCCOc1cccc2c1C(=O)C=C(C(C)(C)CC(=O)N[C@H]1CC(O[C@H]3C[C@](O)(C(=O)CO)CC4=C(O)C5C(=O)c6cccc(OC)c6C(=O)C5C(O)=C43)O[C@@H](C)[C@H]1O)C2=O. The highest BCUT2D eigenvalue weighted by Gasteiger charge is 2.57. The Balaban J connectivity index is 1.14. The van der Waals surface area contributed by atoms with Crippen molar-refractivity contribution in [2.45, 2.75) is 96.0 Å². The summed E-state index contributed by atoms with van der Waals surface area (Å²) in [5, 5.41) is 59.1. The number of amides is 1. The van der Waals surface area contributed by atoms with Crippen LogP contribution in [-0.2, 0) is 19.1 Å². The van der Waals surface area contributed by atoms with Crippen molar-refractivity contribution < 1.29 is 73.2 Å². The van der Waals surface area contributed by atoms with Gasteiger partial charge in [0.1, 0.15) is 41.3 Å². The largest absolute Gasteiger partial charge is 0.511 e. The number of ketones is 5. The number of hydrogen-bond acceptors (Lipinski definition) is 15. The Bertz CT molecular complexity index is 2320. The number of aliphatic hydroxyl groups excluding tert-OH is 4. The molecule has 4 aliphatic carbocycles. The average molecular weight is 844 g/mol. The molecule has 2 aromatic carbocycles. The number of hydrogen-bond donors (Lipinski definition) is 6. The van der Waals surface area contributed by atoms with Crippen molar-refractivity contribution in [1.82, 2.24) is 5.32 Å². The molecule has 2 fully saturated rings. The van der Waals surface area contributed by atoms with Crippen molar-refractivity contribution in [2.75, 3.05) is 20.3 Å². The van der Waals surface area contributed by atoms with Crippen molar-refractivity contribution >= 4 is 34.8 Å². The number of carbonyl (C=O) groups excluding carboxylic acids is 6. The van der Waals surface area contributed by atoms with E-state index in [1.807, 2.05) is 6.92 Å². The summed E-state index contributed by atoms with van der Waals surface area (Å²) in [5.74, 6) is -8.05. The Kier molecular flexibility index (Phi) is 11.7. The number of benzene rings is 2. The molecule has 0 aromatic heterocycles. The van der Waals surface area contributed by atoms with Crippen LogP contribution in [0.25, 0.3) is 0 Å². The Morgan fingerprint density at radius 3 is 2.31 bits per heavy atom. The first-order valence-electron chi connectivity index (χ1n) is 20.2. The smallest absolute Gasteiger partial charge is 0.221 e. The van der Waals surface area contributed by atoms with Crippen LogP contribution in [0.4, 0.5) is 0 Å². The number of aliphatic hydroxyl groups is 5. The number of fused-ring (bicyclic) bond motifs is 4. The molecule has 8 atom stereocenters. The Morgan fingerprint density at radius 2 is 1.64 bits per heavy atom. The number of Topliss-reactive ketones (excluding diaryl/α,β-unsaturated/α-hetero) is 4. The fraction of sp³-hybridized carbons (Fsp3) is 0.467. The third-order valence-electron chi connectivity index (χ3n) is 12.3. The summed E-state index contributed by atoms with van der Waals surface area (Å²) in [6.07, 6.45) is -4.85. The highest BCUT2D eigenvalue weighted by atomic mass is 16.7. The van der Waals surface area contributed by atoms with Gasteiger partial charge in [-0.1, -0.05) is 45.0 Å². The first-order chi connectivity index (χ1) is 28.9. The molecule has 0 spiro atoms. The molecule has 6 N–H and O–H groups in total. The molecule has 16 nitrogen and oxygen atoms in total. The second-order valence-electron chi connectivity index (χ2n) is 16.9. The zero-order valence-electron chi connectivity index (χ0n) is 34.4. The number of carbonyl (C=O) groups is 6. The van der Waals surface area contributed by atoms with Gasteiger partial charge in [0.2, 0.25) is 5.91 Å². The normalized spacial score (nSPS) is 28.7. The van der Waals surface area contributed by atoms with Gasteiger partial charge in [0.05, 0.1) is 54.9 Å². The predicted molar refractivity (Wildman–Crippen MR) is 213 cm³/mol. The van der Waals surface area contributed by atoms with E-state index in [1.54, 1.807) is 26.0 Å². The van der Waals surface area contributed by atoms with Crippen LogP contribution in [-0.4, -0.2) is 117 Å². The molecule has 3 unspecified atom stereocenters. The van der Waals surface area contributed by atoms with Gasteiger partial charge in [0, 0.05) is 58.9 Å². The molecule has 1 amide bonds. The molecule has 1 aliphatic heterocycles. The Hall–Kier alpha value is -5.52. The summed E-state index contributed by atoms with van der Waals surface area (Å²) < 4.78 is 23.4. The minimum absolute atomic E-state index is 0.0497. The molecule has 16 heteroatoms. The lowest BCUT2D eigenvalue weighted by Gasteiger charge is -2.46. The quantitative estimate of drug-likeness (QED) is 0.179. The highest BCUT2D eigenvalue weighted by Crippen LogP contribution is 2.52. The molecular formula is C45H49NO15. The number of methoxy groups -OCH3 is 1. The number of nitrogens with one attached hydrogen (secondary N) is 1. The van der Waals surface area contributed by atoms with Gasteiger partial charge in [-0.05, 0) is 31.6 Å². The fourth-order valence-electron chi connectivity index (χ4n) is 9.23. The van der Waals surface area contributed by atoms with Gasteiger partial charge in [0.15, 0.2) is 35.2 Å². The number of allylic oxidation sites excluding steroid dienone is 4. The minimum atomic E-state index is -2.36. The topological polar surface area (TPSA) is 253 Å². The van der Waals surface area contributed by atoms with Crippen LogP contribution in [0.2, 0.25) is 0 Å². The first-order valence-corrected chi connectivity index (χ1v) is 20.2. The summed E-state index contributed by atoms with van der Waals surface area (Å²) in [7, 11) is 1.31. The van der Waals surface area contributed by atoms with Crippen molar-refractivity contribution in [3.8, 4) is 11.5 Å². The average Bonchev–Trinajstić information content (AvgIpc) is 3.22. The van der Waals surface area contributed by atoms with Gasteiger partial charge in [-0.3, -0.25) is 28.8 Å². The maximum absolute atomic E-state index is 14.1. The number of rotatable bonds is 12. The van der Waals surface area contributed by atoms with Gasteiger partial charge < -0.3 is 49.8 Å². The van der Waals surface area contributed by atoms with Gasteiger partial charge in [-0.2, -0.15) is 0 Å². The first kappa shape index (κ1) is 43.6. The van der Waals surface area contributed by atoms with E-state index in [1.165, 1.54) is 44.4 Å². The lowest BCUT2D eigenvalue weighted by atomic mass is 9.63. The minimum Gasteiger partial charge on any atom is -0.511 e. The van der Waals surface area contributed by atoms with Gasteiger partial charge in [-0.25, -0.2) is 0 Å². The molecule has 324 valence electrons. The molecule has 1 saturated carbocycles. The van der Waals surface area contributed by atoms with E-state index in [2.05, 4.69) is 5.32 Å². The van der Waals surface area contributed by atoms with E-state index < -0.39 is 119 Å². The van der Waals surface area contributed by atoms with Crippen LogP contribution in [0.3, 0.4) is 0 Å². The van der Waals surface area contributed by atoms with Crippen LogP contribution >= 0.6 is 0 Å². The van der Waals surface area contributed by atoms with Crippen LogP contribution in [0.15, 0.2) is 70.7 Å². The third-order valence-corrected chi connectivity index (χ3v) is 12.3. The molecule has 0 radical (unpaired) electrons. The summed E-state index contributed by atoms with van der Waals surface area (Å²) in [5.41, 5.74) is -3.60. The van der Waals surface area contributed by atoms with E-state index in [4.69, 9.17) is 18.9 Å². The fourth-order valence-corrected chi connectivity index (χ4v) is 9.23. The zero-order chi connectivity index (χ0) is 44.3. The van der Waals surface area contributed by atoms with E-state index in [-0.39, 0.29) is 57.6 Å². The van der Waals surface area contributed by atoms with Crippen LogP contribution in [0.1, 0.15) is 101 Å². The Labute approximate surface area is 350 Å². The zero-order valence-corrected chi connectivity index (χ0v) is 34.4. The summed E-state index contributed by atoms with van der Waals surface area (Å²) in [4.78, 5) is 81.8. The molecule has 5 aliphatic rings. The molecule has 61 heavy (non-hydrogen) atoms. The van der Waals surface area contributed by atoms with Gasteiger partial charge in [-0.15, -0.1) is 0 Å². The van der Waals surface area contributed by atoms with Gasteiger partial charge in [0.25, 0.3) is 0 Å². The second-order valence-corrected chi connectivity index (χ2v) is 16.9. The molecule has 0 bridgehead atoms. The van der Waals surface area contributed by atoms with Crippen molar-refractivity contribution in [1.29, 1.82) is 0 Å². The second kappa shape index (κ2) is 16.4. The third kappa shape index (κ3) is 7.50. The summed E-state index contributed by atoms with van der Waals surface area (Å²) in [6, 6.07) is 8.11. The maximum Gasteiger partial charge on any atom is 0.221 e. The molecule has 1 saturated heterocycles. The summed E-state index contributed by atoms with van der Waals surface area (Å²) in [6.45, 7) is 5.98. The van der Waals surface area contributed by atoms with E-state index in [0.29, 0.717) is 18.8 Å². The molecule has 2 aromatic rings. The lowest BCUT2D eigenvalue weighted by Crippen LogP contribution is -2.57. The highest BCUT2D eigenvalue weighted by molar-refractivity contribution is 6.26. The van der Waals surface area contributed by atoms with E-state index >= 15 is 0 Å². The van der Waals surface area contributed by atoms with E-state index in [9.17, 15) is 54.3 Å². The lowest BCUT2D eigenvalue weighted by molar-refractivity contribution is -0.242. The molecular weight excluding hydrogens is 794 g/mol. The summed E-state index contributed by atoms with van der Waals surface area (Å²) >= 11 is 0. The molecule has 1 heterocycles.